The summed E-state index contributed by atoms with van der Waals surface area (Å²) in [4.78, 5) is 2.64. The Labute approximate surface area is 106 Å². The van der Waals surface area contributed by atoms with Crippen molar-refractivity contribution in [3.63, 3.8) is 0 Å². The van der Waals surface area contributed by atoms with E-state index in [9.17, 15) is 0 Å². The van der Waals surface area contributed by atoms with Crippen LogP contribution in [0, 0.1) is 11.8 Å². The largest absolute Gasteiger partial charge is 0.311 e. The van der Waals surface area contributed by atoms with E-state index < -0.39 is 0 Å². The lowest BCUT2D eigenvalue weighted by molar-refractivity contribution is 0.184. The molecule has 0 amide bonds. The van der Waals surface area contributed by atoms with Crippen molar-refractivity contribution in [3.05, 3.63) is 0 Å². The molecule has 3 rings (SSSR count). The van der Waals surface area contributed by atoms with E-state index in [1.807, 2.05) is 0 Å². The Balaban J connectivity index is 1.43. The highest BCUT2D eigenvalue weighted by molar-refractivity contribution is 4.98. The smallest absolute Gasteiger partial charge is 0.0126 e. The summed E-state index contributed by atoms with van der Waals surface area (Å²) >= 11 is 0. The first-order valence-corrected chi connectivity index (χ1v) is 7.85. The van der Waals surface area contributed by atoms with Crippen molar-refractivity contribution in [1.82, 2.24) is 10.2 Å². The average Bonchev–Trinajstić information content (AvgIpc) is 3.21. The SMILES string of the molecule is CCCN1CCC(NC(C2CC2)C2CC2)CC1. The Bertz CT molecular complexity index is 225. The first-order chi connectivity index (χ1) is 8.36. The van der Waals surface area contributed by atoms with Crippen LogP contribution in [0.25, 0.3) is 0 Å². The highest BCUT2D eigenvalue weighted by Gasteiger charge is 2.42. The molecular weight excluding hydrogens is 208 g/mol. The summed E-state index contributed by atoms with van der Waals surface area (Å²) in [7, 11) is 0. The molecule has 98 valence electrons. The van der Waals surface area contributed by atoms with Gasteiger partial charge in [-0.05, 0) is 76.4 Å². The van der Waals surface area contributed by atoms with Gasteiger partial charge in [-0.1, -0.05) is 6.92 Å². The van der Waals surface area contributed by atoms with Crippen molar-refractivity contribution >= 4 is 0 Å². The number of likely N-dealkylation sites (tertiary alicyclic amines) is 1. The normalized spacial score (nSPS) is 27.9. The molecule has 0 unspecified atom stereocenters. The van der Waals surface area contributed by atoms with Gasteiger partial charge >= 0.3 is 0 Å². The Morgan fingerprint density at radius 1 is 1.00 bits per heavy atom. The van der Waals surface area contributed by atoms with E-state index in [0.29, 0.717) is 0 Å². The van der Waals surface area contributed by atoms with Gasteiger partial charge in [-0.25, -0.2) is 0 Å². The van der Waals surface area contributed by atoms with Crippen molar-refractivity contribution in [2.24, 2.45) is 11.8 Å². The lowest BCUT2D eigenvalue weighted by Gasteiger charge is -2.34. The maximum absolute atomic E-state index is 4.02. The molecule has 2 heteroatoms. The molecule has 0 radical (unpaired) electrons. The highest BCUT2D eigenvalue weighted by atomic mass is 15.1. The van der Waals surface area contributed by atoms with Crippen LogP contribution in [0.3, 0.4) is 0 Å². The molecule has 2 nitrogen and oxygen atoms in total. The first kappa shape index (κ1) is 12.0. The zero-order chi connectivity index (χ0) is 11.7. The topological polar surface area (TPSA) is 15.3 Å². The molecule has 2 aliphatic carbocycles. The predicted octanol–water partition coefficient (Wildman–Crippen LogP) is 2.64. The van der Waals surface area contributed by atoms with Gasteiger partial charge in [-0.15, -0.1) is 0 Å². The van der Waals surface area contributed by atoms with E-state index in [-0.39, 0.29) is 0 Å². The predicted molar refractivity (Wildman–Crippen MR) is 72.1 cm³/mol. The van der Waals surface area contributed by atoms with E-state index in [2.05, 4.69) is 17.1 Å². The summed E-state index contributed by atoms with van der Waals surface area (Å²) in [6, 6.07) is 1.73. The molecule has 0 atom stereocenters. The molecule has 1 heterocycles. The second-order valence-electron chi connectivity index (χ2n) is 6.48. The molecule has 3 aliphatic rings. The van der Waals surface area contributed by atoms with Crippen LogP contribution in [0.4, 0.5) is 0 Å². The molecular formula is C15H28N2. The molecule has 0 bridgehead atoms. The molecule has 1 N–H and O–H groups in total. The van der Waals surface area contributed by atoms with E-state index in [1.54, 1.807) is 0 Å². The number of nitrogens with zero attached hydrogens (tertiary/aromatic N) is 1. The maximum Gasteiger partial charge on any atom is 0.0126 e. The highest BCUT2D eigenvalue weighted by Crippen LogP contribution is 2.44. The van der Waals surface area contributed by atoms with Gasteiger partial charge in [0.1, 0.15) is 0 Å². The van der Waals surface area contributed by atoms with Crippen LogP contribution in [0.1, 0.15) is 51.9 Å². The summed E-state index contributed by atoms with van der Waals surface area (Å²) in [6.45, 7) is 6.25. The quantitative estimate of drug-likeness (QED) is 0.763. The Hall–Kier alpha value is -0.0800. The molecule has 0 aromatic heterocycles. The number of hydrogen-bond donors (Lipinski definition) is 1. The van der Waals surface area contributed by atoms with Crippen LogP contribution >= 0.6 is 0 Å². The fourth-order valence-corrected chi connectivity index (χ4v) is 3.48. The first-order valence-electron chi connectivity index (χ1n) is 7.85. The van der Waals surface area contributed by atoms with E-state index in [1.165, 1.54) is 64.6 Å². The number of nitrogens with one attached hydrogen (secondary N) is 1. The van der Waals surface area contributed by atoms with Gasteiger partial charge in [-0.2, -0.15) is 0 Å². The number of rotatable bonds is 6. The van der Waals surface area contributed by atoms with Crippen LogP contribution in [-0.2, 0) is 0 Å². The fraction of sp³-hybridized carbons (Fsp3) is 1.00. The van der Waals surface area contributed by atoms with Crippen LogP contribution in [0.5, 0.6) is 0 Å². The van der Waals surface area contributed by atoms with Crippen molar-refractivity contribution in [1.29, 1.82) is 0 Å². The third-order valence-corrected chi connectivity index (χ3v) is 4.82. The van der Waals surface area contributed by atoms with Crippen LogP contribution in [0.2, 0.25) is 0 Å². The molecule has 3 fully saturated rings. The van der Waals surface area contributed by atoms with Crippen molar-refractivity contribution in [2.45, 2.75) is 64.0 Å². The molecule has 17 heavy (non-hydrogen) atoms. The third kappa shape index (κ3) is 3.23. The summed E-state index contributed by atoms with van der Waals surface area (Å²) in [5.74, 6) is 2.10. The molecule has 0 aromatic rings. The Morgan fingerprint density at radius 3 is 2.06 bits per heavy atom. The van der Waals surface area contributed by atoms with Crippen molar-refractivity contribution in [3.8, 4) is 0 Å². The second kappa shape index (κ2) is 5.27. The summed E-state index contributed by atoms with van der Waals surface area (Å²) in [5, 5.41) is 4.02. The molecule has 1 saturated heterocycles. The zero-order valence-corrected chi connectivity index (χ0v) is 11.3. The fourth-order valence-electron chi connectivity index (χ4n) is 3.48. The van der Waals surface area contributed by atoms with Gasteiger partial charge in [0.2, 0.25) is 0 Å². The molecule has 1 aliphatic heterocycles. The standard InChI is InChI=1S/C15H28N2/c1-2-9-17-10-7-14(8-11-17)16-15(12-3-4-12)13-5-6-13/h12-16H,2-11H2,1H3. The van der Waals surface area contributed by atoms with Gasteiger partial charge in [0.05, 0.1) is 0 Å². The van der Waals surface area contributed by atoms with Crippen molar-refractivity contribution in [2.75, 3.05) is 19.6 Å². The van der Waals surface area contributed by atoms with E-state index >= 15 is 0 Å². The Kier molecular flexibility index (Phi) is 3.72. The third-order valence-electron chi connectivity index (χ3n) is 4.82. The average molecular weight is 236 g/mol. The summed E-state index contributed by atoms with van der Waals surface area (Å²) in [5.41, 5.74) is 0. The minimum absolute atomic E-state index is 0.828. The van der Waals surface area contributed by atoms with Gasteiger partial charge in [0, 0.05) is 12.1 Å². The summed E-state index contributed by atoms with van der Waals surface area (Å²) in [6.07, 6.45) is 10.1. The van der Waals surface area contributed by atoms with Crippen molar-refractivity contribution < 1.29 is 0 Å². The zero-order valence-electron chi connectivity index (χ0n) is 11.3. The van der Waals surface area contributed by atoms with Gasteiger partial charge in [0.25, 0.3) is 0 Å². The minimum Gasteiger partial charge on any atom is -0.311 e. The summed E-state index contributed by atoms with van der Waals surface area (Å²) < 4.78 is 0. The van der Waals surface area contributed by atoms with Gasteiger partial charge < -0.3 is 10.2 Å². The molecule has 0 aromatic carbocycles. The lowest BCUT2D eigenvalue weighted by Crippen LogP contribution is -2.47. The van der Waals surface area contributed by atoms with Crippen LogP contribution < -0.4 is 5.32 Å². The molecule has 2 saturated carbocycles. The van der Waals surface area contributed by atoms with Gasteiger partial charge in [-0.3, -0.25) is 0 Å². The van der Waals surface area contributed by atoms with E-state index in [0.717, 1.165) is 23.9 Å². The number of piperidine rings is 1. The van der Waals surface area contributed by atoms with Crippen LogP contribution in [0.15, 0.2) is 0 Å². The Morgan fingerprint density at radius 2 is 1.59 bits per heavy atom. The minimum atomic E-state index is 0.828. The number of hydrogen-bond acceptors (Lipinski definition) is 2. The monoisotopic (exact) mass is 236 g/mol. The van der Waals surface area contributed by atoms with E-state index in [4.69, 9.17) is 0 Å². The second-order valence-corrected chi connectivity index (χ2v) is 6.48. The van der Waals surface area contributed by atoms with Crippen LogP contribution in [-0.4, -0.2) is 36.6 Å². The maximum atomic E-state index is 4.02. The molecule has 0 spiro atoms. The van der Waals surface area contributed by atoms with Gasteiger partial charge in [0.15, 0.2) is 0 Å². The lowest BCUT2D eigenvalue weighted by atomic mass is 10.00.